The Balaban J connectivity index is 2.40. The lowest BCUT2D eigenvalue weighted by molar-refractivity contribution is -0.137. The first-order valence-electron chi connectivity index (χ1n) is 12.3. The Kier molecular flexibility index (Phi) is 9.71. The van der Waals surface area contributed by atoms with E-state index >= 15 is 0 Å². The molecule has 34 heavy (non-hydrogen) atoms. The van der Waals surface area contributed by atoms with Crippen LogP contribution < -0.4 is 5.32 Å². The zero-order valence-corrected chi connectivity index (χ0v) is 21.6. The minimum atomic E-state index is -0.664. The predicted molar refractivity (Wildman–Crippen MR) is 136 cm³/mol. The minimum Gasteiger partial charge on any atom is -0.444 e. The number of benzene rings is 1. The van der Waals surface area contributed by atoms with Crippen molar-refractivity contribution in [1.82, 2.24) is 9.80 Å². The Bertz CT molecular complexity index is 875. The largest absolute Gasteiger partial charge is 0.444 e. The number of hydrogen-bond acceptors (Lipinski definition) is 4. The molecule has 7 heteroatoms. The number of rotatable bonds is 9. The molecule has 0 saturated carbocycles. The molecule has 1 saturated heterocycles. The van der Waals surface area contributed by atoms with E-state index in [1.165, 1.54) is 0 Å². The number of unbranched alkanes of at least 4 members (excludes halogenated alkanes) is 1. The highest BCUT2D eigenvalue weighted by Gasteiger charge is 2.39. The number of likely N-dealkylation sites (tertiary alicyclic amines) is 1. The topological polar surface area (TPSA) is 79.0 Å². The van der Waals surface area contributed by atoms with E-state index in [2.05, 4.69) is 18.8 Å². The molecule has 1 heterocycles. The normalized spacial score (nSPS) is 16.8. The molecule has 0 aromatic heterocycles. The quantitative estimate of drug-likeness (QED) is 0.484. The van der Waals surface area contributed by atoms with Crippen LogP contribution in [0.2, 0.25) is 0 Å². The van der Waals surface area contributed by atoms with E-state index in [4.69, 9.17) is 4.74 Å². The van der Waals surface area contributed by atoms with Crippen molar-refractivity contribution in [3.8, 4) is 0 Å². The summed E-state index contributed by atoms with van der Waals surface area (Å²) in [7, 11) is 0. The van der Waals surface area contributed by atoms with Gasteiger partial charge in [-0.1, -0.05) is 45.4 Å². The van der Waals surface area contributed by atoms with Gasteiger partial charge in [-0.2, -0.15) is 0 Å². The molecule has 2 rings (SSSR count). The van der Waals surface area contributed by atoms with E-state index in [9.17, 15) is 14.4 Å². The average Bonchev–Trinajstić information content (AvgIpc) is 3.23. The molecule has 0 radical (unpaired) electrons. The summed E-state index contributed by atoms with van der Waals surface area (Å²) >= 11 is 0. The number of carbonyl (C=O) groups is 3. The molecule has 0 aliphatic carbocycles. The van der Waals surface area contributed by atoms with E-state index in [0.717, 1.165) is 25.7 Å². The molecule has 3 amide bonds. The lowest BCUT2D eigenvalue weighted by Crippen LogP contribution is -2.54. The van der Waals surface area contributed by atoms with Gasteiger partial charge in [0.15, 0.2) is 0 Å². The summed E-state index contributed by atoms with van der Waals surface area (Å²) in [6.07, 6.45) is 4.68. The molecule has 1 aromatic carbocycles. The molecule has 0 bridgehead atoms. The van der Waals surface area contributed by atoms with Crippen LogP contribution >= 0.6 is 0 Å². The third kappa shape index (κ3) is 7.08. The van der Waals surface area contributed by atoms with Crippen molar-refractivity contribution in [3.63, 3.8) is 0 Å². The highest BCUT2D eigenvalue weighted by atomic mass is 16.6. The van der Waals surface area contributed by atoms with Gasteiger partial charge in [0.05, 0.1) is 11.3 Å². The summed E-state index contributed by atoms with van der Waals surface area (Å²) in [5.41, 5.74) is 0.0379. The molecule has 1 aliphatic rings. The number of para-hydroxylation sites is 1. The molecule has 7 nitrogen and oxygen atoms in total. The molecular weight excluding hydrogens is 430 g/mol. The summed E-state index contributed by atoms with van der Waals surface area (Å²) in [4.78, 5) is 43.6. The number of amides is 3. The predicted octanol–water partition coefficient (Wildman–Crippen LogP) is 5.48. The van der Waals surface area contributed by atoms with Crippen molar-refractivity contribution in [2.24, 2.45) is 5.92 Å². The van der Waals surface area contributed by atoms with Gasteiger partial charge in [0.25, 0.3) is 5.91 Å². The third-order valence-corrected chi connectivity index (χ3v) is 5.88. The number of ether oxygens (including phenoxy) is 1. The Morgan fingerprint density at radius 2 is 1.94 bits per heavy atom. The standard InChI is InChI=1S/C27H41N3O4/c1-8-10-17-30(23(19(3)4)25(32)29-18-13-14-20(29)9-2)24(31)21-15-11-12-16-22(21)28-26(33)34-27(5,6)7/h9,11-12,15-16,19-20,23H,2,8,10,13-14,17-18H2,1,3-7H3,(H,28,33). The number of hydrogen-bond donors (Lipinski definition) is 1. The van der Waals surface area contributed by atoms with Crippen LogP contribution in [0.3, 0.4) is 0 Å². The van der Waals surface area contributed by atoms with Crippen LogP contribution in [-0.4, -0.2) is 58.5 Å². The fourth-order valence-corrected chi connectivity index (χ4v) is 4.30. The smallest absolute Gasteiger partial charge is 0.412 e. The molecule has 0 spiro atoms. The van der Waals surface area contributed by atoms with E-state index in [-0.39, 0.29) is 23.8 Å². The average molecular weight is 472 g/mol. The van der Waals surface area contributed by atoms with Crippen LogP contribution in [0, 0.1) is 5.92 Å². The van der Waals surface area contributed by atoms with E-state index < -0.39 is 17.7 Å². The number of anilines is 1. The molecular formula is C27H41N3O4. The lowest BCUT2D eigenvalue weighted by atomic mass is 9.98. The van der Waals surface area contributed by atoms with Crippen LogP contribution in [0.25, 0.3) is 0 Å². The van der Waals surface area contributed by atoms with E-state index in [0.29, 0.717) is 24.3 Å². The number of nitrogens with zero attached hydrogens (tertiary/aromatic N) is 2. The maximum Gasteiger partial charge on any atom is 0.412 e. The van der Waals surface area contributed by atoms with E-state index in [1.807, 2.05) is 24.8 Å². The maximum absolute atomic E-state index is 13.9. The summed E-state index contributed by atoms with van der Waals surface area (Å²) in [5.74, 6) is -0.397. The summed E-state index contributed by atoms with van der Waals surface area (Å²) in [6, 6.07) is 6.26. The summed E-state index contributed by atoms with van der Waals surface area (Å²) < 4.78 is 5.37. The summed E-state index contributed by atoms with van der Waals surface area (Å²) in [6.45, 7) is 16.4. The van der Waals surface area contributed by atoms with Crippen molar-refractivity contribution in [3.05, 3.63) is 42.5 Å². The van der Waals surface area contributed by atoms with Gasteiger partial charge in [-0.15, -0.1) is 6.58 Å². The Morgan fingerprint density at radius 3 is 2.53 bits per heavy atom. The van der Waals surface area contributed by atoms with Crippen molar-refractivity contribution >= 4 is 23.6 Å². The number of carbonyl (C=O) groups excluding carboxylic acids is 3. The van der Waals surface area contributed by atoms with Crippen LogP contribution in [0.15, 0.2) is 36.9 Å². The zero-order chi connectivity index (χ0) is 25.5. The molecule has 1 fully saturated rings. The zero-order valence-electron chi connectivity index (χ0n) is 21.6. The Labute approximate surface area is 204 Å². The second-order valence-electron chi connectivity index (χ2n) is 10.2. The summed E-state index contributed by atoms with van der Waals surface area (Å²) in [5, 5.41) is 2.71. The highest BCUT2D eigenvalue weighted by Crippen LogP contribution is 2.26. The van der Waals surface area contributed by atoms with E-state index in [1.54, 1.807) is 49.9 Å². The first kappa shape index (κ1) is 27.4. The first-order chi connectivity index (χ1) is 16.0. The molecule has 1 aliphatic heterocycles. The SMILES string of the molecule is C=CC1CCCN1C(=O)C(C(C)C)N(CCCC)C(=O)c1ccccc1NC(=O)OC(C)(C)C. The van der Waals surface area contributed by atoms with Gasteiger partial charge in [-0.25, -0.2) is 4.79 Å². The van der Waals surface area contributed by atoms with Gasteiger partial charge in [-0.05, 0) is 58.1 Å². The van der Waals surface area contributed by atoms with Crippen LogP contribution in [-0.2, 0) is 9.53 Å². The molecule has 188 valence electrons. The van der Waals surface area contributed by atoms with Crippen molar-refractivity contribution in [2.75, 3.05) is 18.4 Å². The van der Waals surface area contributed by atoms with Gasteiger partial charge in [0.1, 0.15) is 11.6 Å². The monoisotopic (exact) mass is 471 g/mol. The molecule has 2 atom stereocenters. The fraction of sp³-hybridized carbons (Fsp3) is 0.593. The Morgan fingerprint density at radius 1 is 1.26 bits per heavy atom. The molecule has 2 unspecified atom stereocenters. The lowest BCUT2D eigenvalue weighted by Gasteiger charge is -2.37. The van der Waals surface area contributed by atoms with Crippen LogP contribution in [0.4, 0.5) is 10.5 Å². The van der Waals surface area contributed by atoms with Crippen molar-refractivity contribution in [2.45, 2.75) is 84.9 Å². The Hall–Kier alpha value is -2.83. The highest BCUT2D eigenvalue weighted by molar-refractivity contribution is 6.04. The second kappa shape index (κ2) is 12.0. The molecule has 1 aromatic rings. The number of nitrogens with one attached hydrogen (secondary N) is 1. The van der Waals surface area contributed by atoms with Crippen molar-refractivity contribution < 1.29 is 19.1 Å². The van der Waals surface area contributed by atoms with Crippen LogP contribution in [0.5, 0.6) is 0 Å². The first-order valence-corrected chi connectivity index (χ1v) is 12.3. The van der Waals surface area contributed by atoms with Gasteiger partial charge >= 0.3 is 6.09 Å². The third-order valence-electron chi connectivity index (χ3n) is 5.88. The van der Waals surface area contributed by atoms with Gasteiger partial charge < -0.3 is 14.5 Å². The maximum atomic E-state index is 13.9. The van der Waals surface area contributed by atoms with Gasteiger partial charge in [-0.3, -0.25) is 14.9 Å². The van der Waals surface area contributed by atoms with Gasteiger partial charge in [0.2, 0.25) is 5.91 Å². The van der Waals surface area contributed by atoms with Gasteiger partial charge in [0, 0.05) is 19.1 Å². The van der Waals surface area contributed by atoms with Crippen molar-refractivity contribution in [1.29, 1.82) is 0 Å². The minimum absolute atomic E-state index is 0.00185. The van der Waals surface area contributed by atoms with Crippen LogP contribution in [0.1, 0.15) is 77.6 Å². The fourth-order valence-electron chi connectivity index (χ4n) is 4.30. The molecule has 1 N–H and O–H groups in total. The second-order valence-corrected chi connectivity index (χ2v) is 10.2.